The van der Waals surface area contributed by atoms with Crippen molar-refractivity contribution in [3.8, 4) is 5.75 Å². The molecule has 1 amide bonds. The van der Waals surface area contributed by atoms with Crippen LogP contribution < -0.4 is 9.64 Å². The summed E-state index contributed by atoms with van der Waals surface area (Å²) < 4.78 is 5.63. The number of likely N-dealkylation sites (N-methyl/N-ethyl adjacent to an activating group) is 1. The lowest BCUT2D eigenvalue weighted by molar-refractivity contribution is -0.133. The number of hydrogen-bond donors (Lipinski definition) is 0. The predicted octanol–water partition coefficient (Wildman–Crippen LogP) is 3.58. The van der Waals surface area contributed by atoms with Crippen molar-refractivity contribution in [3.05, 3.63) is 46.7 Å². The van der Waals surface area contributed by atoms with Crippen LogP contribution in [0.15, 0.2) is 30.5 Å². The minimum absolute atomic E-state index is 0.00868. The smallest absolute Gasteiger partial charge is 0.260 e. The average Bonchev–Trinajstić information content (AvgIpc) is 2.79. The minimum atomic E-state index is -0.0356. The summed E-state index contributed by atoms with van der Waals surface area (Å²) in [4.78, 5) is 28.9. The standard InChI is InChI=1S/C25H34ClN5O2/c1-3-29(24(32)18-33-22-9-7-20(26)8-10-22)12-11-23-19(2)17-27-25(28-23)31-15-13-30(14-16-31)21-5-4-6-21/h7-10,17,21H,3-6,11-16,18H2,1-2H3. The fraction of sp³-hybridized carbons (Fsp3) is 0.560. The molecule has 4 rings (SSSR count). The van der Waals surface area contributed by atoms with Gasteiger partial charge in [-0.25, -0.2) is 9.97 Å². The summed E-state index contributed by atoms with van der Waals surface area (Å²) in [6.45, 7) is 9.38. The molecule has 2 aliphatic rings. The van der Waals surface area contributed by atoms with Crippen LogP contribution in [-0.2, 0) is 11.2 Å². The Hall–Kier alpha value is -2.38. The summed E-state index contributed by atoms with van der Waals surface area (Å²) in [6.07, 6.45) is 6.69. The molecule has 1 aliphatic heterocycles. The van der Waals surface area contributed by atoms with Gasteiger partial charge < -0.3 is 14.5 Å². The highest BCUT2D eigenvalue weighted by atomic mass is 35.5. The molecule has 1 aromatic carbocycles. The molecule has 0 radical (unpaired) electrons. The number of aryl methyl sites for hydroxylation is 1. The highest BCUT2D eigenvalue weighted by Gasteiger charge is 2.28. The Kier molecular flexibility index (Phi) is 8.04. The molecule has 8 heteroatoms. The van der Waals surface area contributed by atoms with Gasteiger partial charge in [-0.15, -0.1) is 0 Å². The van der Waals surface area contributed by atoms with Gasteiger partial charge in [-0.2, -0.15) is 0 Å². The lowest BCUT2D eigenvalue weighted by atomic mass is 9.91. The maximum atomic E-state index is 12.7. The molecule has 0 bridgehead atoms. The second-order valence-corrected chi connectivity index (χ2v) is 9.31. The molecule has 1 saturated carbocycles. The molecule has 2 fully saturated rings. The fourth-order valence-electron chi connectivity index (χ4n) is 4.38. The van der Waals surface area contributed by atoms with Crippen LogP contribution in [0.3, 0.4) is 0 Å². The maximum absolute atomic E-state index is 12.7. The number of piperazine rings is 1. The van der Waals surface area contributed by atoms with Crippen molar-refractivity contribution in [1.29, 1.82) is 0 Å². The van der Waals surface area contributed by atoms with E-state index in [9.17, 15) is 4.79 Å². The number of carbonyl (C=O) groups excluding carboxylic acids is 1. The Morgan fingerprint density at radius 1 is 1.18 bits per heavy atom. The van der Waals surface area contributed by atoms with Crippen LogP contribution in [0, 0.1) is 6.92 Å². The summed E-state index contributed by atoms with van der Waals surface area (Å²) >= 11 is 5.90. The van der Waals surface area contributed by atoms with Gasteiger partial charge in [-0.1, -0.05) is 18.0 Å². The number of rotatable bonds is 9. The summed E-state index contributed by atoms with van der Waals surface area (Å²) in [5, 5.41) is 0.642. The van der Waals surface area contributed by atoms with Gasteiger partial charge in [-0.05, 0) is 56.5 Å². The van der Waals surface area contributed by atoms with Crippen molar-refractivity contribution in [3.63, 3.8) is 0 Å². The highest BCUT2D eigenvalue weighted by Crippen LogP contribution is 2.26. The van der Waals surface area contributed by atoms with E-state index < -0.39 is 0 Å². The van der Waals surface area contributed by atoms with E-state index in [1.165, 1.54) is 19.3 Å². The first-order valence-corrected chi connectivity index (χ1v) is 12.4. The zero-order chi connectivity index (χ0) is 23.2. The molecule has 0 spiro atoms. The third-order valence-corrected chi connectivity index (χ3v) is 7.03. The molecule has 1 saturated heterocycles. The monoisotopic (exact) mass is 471 g/mol. The normalized spacial score (nSPS) is 17.0. The van der Waals surface area contributed by atoms with E-state index >= 15 is 0 Å². The average molecular weight is 472 g/mol. The van der Waals surface area contributed by atoms with Crippen molar-refractivity contribution in [2.24, 2.45) is 0 Å². The van der Waals surface area contributed by atoms with Crippen molar-refractivity contribution in [1.82, 2.24) is 19.8 Å². The third-order valence-electron chi connectivity index (χ3n) is 6.78. The van der Waals surface area contributed by atoms with Gasteiger partial charge in [0.15, 0.2) is 6.61 Å². The van der Waals surface area contributed by atoms with Crippen molar-refractivity contribution >= 4 is 23.5 Å². The number of ether oxygens (including phenoxy) is 1. The Morgan fingerprint density at radius 2 is 1.91 bits per heavy atom. The number of anilines is 1. The van der Waals surface area contributed by atoms with Crippen LogP contribution in [0.4, 0.5) is 5.95 Å². The number of amides is 1. The Balaban J connectivity index is 1.30. The summed E-state index contributed by atoms with van der Waals surface area (Å²) in [5.74, 6) is 1.41. The first-order chi connectivity index (χ1) is 16.0. The first-order valence-electron chi connectivity index (χ1n) is 12.0. The molecule has 0 N–H and O–H groups in total. The molecule has 2 heterocycles. The topological polar surface area (TPSA) is 61.8 Å². The molecule has 2 aromatic rings. The largest absolute Gasteiger partial charge is 0.484 e. The zero-order valence-electron chi connectivity index (χ0n) is 19.7. The van der Waals surface area contributed by atoms with E-state index in [2.05, 4.69) is 14.8 Å². The van der Waals surface area contributed by atoms with Crippen LogP contribution in [0.2, 0.25) is 5.02 Å². The van der Waals surface area contributed by atoms with E-state index in [-0.39, 0.29) is 12.5 Å². The van der Waals surface area contributed by atoms with E-state index in [0.717, 1.165) is 49.4 Å². The minimum Gasteiger partial charge on any atom is -0.484 e. The van der Waals surface area contributed by atoms with Crippen LogP contribution >= 0.6 is 11.6 Å². The quantitative estimate of drug-likeness (QED) is 0.557. The van der Waals surface area contributed by atoms with Crippen molar-refractivity contribution in [2.45, 2.75) is 45.6 Å². The number of aromatic nitrogens is 2. The van der Waals surface area contributed by atoms with Gasteiger partial charge in [0.25, 0.3) is 5.91 Å². The van der Waals surface area contributed by atoms with Crippen LogP contribution in [0.1, 0.15) is 37.4 Å². The second kappa shape index (κ2) is 11.2. The van der Waals surface area contributed by atoms with Gasteiger partial charge in [0.1, 0.15) is 5.75 Å². The molecular weight excluding hydrogens is 438 g/mol. The van der Waals surface area contributed by atoms with E-state index in [1.807, 2.05) is 24.9 Å². The number of nitrogens with zero attached hydrogens (tertiary/aromatic N) is 5. The Bertz CT molecular complexity index is 927. The van der Waals surface area contributed by atoms with Gasteiger partial charge in [0.05, 0.1) is 5.69 Å². The summed E-state index contributed by atoms with van der Waals surface area (Å²) in [5.41, 5.74) is 2.07. The lowest BCUT2D eigenvalue weighted by Crippen LogP contribution is -2.52. The fourth-order valence-corrected chi connectivity index (χ4v) is 4.50. The SMILES string of the molecule is CCN(CCc1nc(N2CCN(C3CCC3)CC2)ncc1C)C(=O)COc1ccc(Cl)cc1. The van der Waals surface area contributed by atoms with Gasteiger partial charge in [-0.3, -0.25) is 9.69 Å². The number of benzene rings is 1. The number of carbonyl (C=O) groups is 1. The molecule has 33 heavy (non-hydrogen) atoms. The van der Waals surface area contributed by atoms with E-state index in [1.54, 1.807) is 24.3 Å². The first kappa shape index (κ1) is 23.8. The van der Waals surface area contributed by atoms with E-state index in [0.29, 0.717) is 30.3 Å². The lowest BCUT2D eigenvalue weighted by Gasteiger charge is -2.43. The summed E-state index contributed by atoms with van der Waals surface area (Å²) in [6, 6.07) is 7.83. The molecule has 0 atom stereocenters. The van der Waals surface area contributed by atoms with Crippen LogP contribution in [-0.4, -0.2) is 77.6 Å². The van der Waals surface area contributed by atoms with Crippen LogP contribution in [0.5, 0.6) is 5.75 Å². The maximum Gasteiger partial charge on any atom is 0.260 e. The Labute approximate surface area is 201 Å². The molecule has 1 aliphatic carbocycles. The molecule has 178 valence electrons. The van der Waals surface area contributed by atoms with Crippen molar-refractivity contribution < 1.29 is 9.53 Å². The molecular formula is C25H34ClN5O2. The second-order valence-electron chi connectivity index (χ2n) is 8.87. The van der Waals surface area contributed by atoms with E-state index in [4.69, 9.17) is 21.3 Å². The Morgan fingerprint density at radius 3 is 2.55 bits per heavy atom. The van der Waals surface area contributed by atoms with Gasteiger partial charge in [0, 0.05) is 63.0 Å². The molecule has 7 nitrogen and oxygen atoms in total. The predicted molar refractivity (Wildman–Crippen MR) is 131 cm³/mol. The van der Waals surface area contributed by atoms with Crippen molar-refractivity contribution in [2.75, 3.05) is 50.8 Å². The third kappa shape index (κ3) is 6.15. The number of hydrogen-bond acceptors (Lipinski definition) is 6. The van der Waals surface area contributed by atoms with Crippen LogP contribution in [0.25, 0.3) is 0 Å². The molecule has 1 aromatic heterocycles. The molecule has 0 unspecified atom stereocenters. The van der Waals surface area contributed by atoms with Gasteiger partial charge >= 0.3 is 0 Å². The highest BCUT2D eigenvalue weighted by molar-refractivity contribution is 6.30. The van der Waals surface area contributed by atoms with Gasteiger partial charge in [0.2, 0.25) is 5.95 Å². The zero-order valence-corrected chi connectivity index (χ0v) is 20.4. The summed E-state index contributed by atoms with van der Waals surface area (Å²) in [7, 11) is 0. The number of halogens is 1.